The molecule has 0 saturated heterocycles. The second kappa shape index (κ2) is 6.32. The van der Waals surface area contributed by atoms with Crippen LogP contribution in [-0.2, 0) is 20.0 Å². The Balaban J connectivity index is 1.50. The molecule has 2 aromatic rings. The van der Waals surface area contributed by atoms with Crippen molar-refractivity contribution in [2.45, 2.75) is 44.7 Å². The van der Waals surface area contributed by atoms with Gasteiger partial charge in [0, 0.05) is 35.9 Å². The van der Waals surface area contributed by atoms with Gasteiger partial charge in [-0.15, -0.1) is 0 Å². The van der Waals surface area contributed by atoms with Crippen LogP contribution >= 0.6 is 15.9 Å². The quantitative estimate of drug-likeness (QED) is 0.891. The van der Waals surface area contributed by atoms with Crippen LogP contribution in [0.15, 0.2) is 34.9 Å². The highest BCUT2D eigenvalue weighted by atomic mass is 79.9. The van der Waals surface area contributed by atoms with E-state index in [1.165, 1.54) is 29.7 Å². The molecule has 1 N–H and O–H groups in total. The number of hydrogen-bond acceptors (Lipinski definition) is 2. The van der Waals surface area contributed by atoms with Gasteiger partial charge < -0.3 is 5.32 Å². The maximum atomic E-state index is 4.49. The first-order valence-corrected chi connectivity index (χ1v) is 8.45. The third-order valence-corrected chi connectivity index (χ3v) is 4.92. The lowest BCUT2D eigenvalue weighted by Crippen LogP contribution is -2.39. The number of aromatic nitrogens is 2. The molecule has 0 unspecified atom stereocenters. The molecule has 1 saturated carbocycles. The lowest BCUT2D eigenvalue weighted by molar-refractivity contribution is 0.289. The van der Waals surface area contributed by atoms with Crippen LogP contribution in [-0.4, -0.2) is 15.8 Å². The largest absolute Gasteiger partial charge is 0.310 e. The molecule has 21 heavy (non-hydrogen) atoms. The maximum absolute atomic E-state index is 4.49. The topological polar surface area (TPSA) is 29.9 Å². The predicted octanol–water partition coefficient (Wildman–Crippen LogP) is 3.78. The first-order chi connectivity index (χ1) is 10.2. The van der Waals surface area contributed by atoms with Crippen molar-refractivity contribution in [3.05, 3.63) is 51.8 Å². The van der Waals surface area contributed by atoms with Crippen molar-refractivity contribution in [3.63, 3.8) is 0 Å². The van der Waals surface area contributed by atoms with Gasteiger partial charge in [0.15, 0.2) is 0 Å². The Labute approximate surface area is 134 Å². The molecular weight excluding hydrogens is 326 g/mol. The highest BCUT2D eigenvalue weighted by molar-refractivity contribution is 9.10. The Morgan fingerprint density at radius 1 is 1.29 bits per heavy atom. The summed E-state index contributed by atoms with van der Waals surface area (Å²) in [4.78, 5) is 0. The summed E-state index contributed by atoms with van der Waals surface area (Å²) in [7, 11) is 2.00. The van der Waals surface area contributed by atoms with E-state index in [1.54, 1.807) is 0 Å². The third kappa shape index (κ3) is 3.38. The minimum absolute atomic E-state index is 0.642. The zero-order valence-corrected chi connectivity index (χ0v) is 14.2. The normalized spacial score (nSPS) is 21.3. The van der Waals surface area contributed by atoms with Crippen LogP contribution in [0.25, 0.3) is 0 Å². The Morgan fingerprint density at radius 3 is 2.67 bits per heavy atom. The fourth-order valence-corrected chi connectivity index (χ4v) is 3.34. The molecule has 1 aromatic carbocycles. The van der Waals surface area contributed by atoms with Crippen LogP contribution in [0.1, 0.15) is 42.5 Å². The predicted molar refractivity (Wildman–Crippen MR) is 89.3 cm³/mol. The SMILES string of the molecule is CCc1nn(C)cc1CNC1CC(c2ccc(Br)cc2)C1. The van der Waals surface area contributed by atoms with Gasteiger partial charge >= 0.3 is 0 Å². The first kappa shape index (κ1) is 14.8. The van der Waals surface area contributed by atoms with Crippen molar-refractivity contribution in [1.29, 1.82) is 0 Å². The van der Waals surface area contributed by atoms with E-state index in [4.69, 9.17) is 0 Å². The fourth-order valence-electron chi connectivity index (χ4n) is 3.07. The molecule has 1 aliphatic carbocycles. The van der Waals surface area contributed by atoms with Crippen LogP contribution in [0.4, 0.5) is 0 Å². The molecule has 0 atom stereocenters. The van der Waals surface area contributed by atoms with Crippen LogP contribution in [0, 0.1) is 0 Å². The number of rotatable bonds is 5. The summed E-state index contributed by atoms with van der Waals surface area (Å²) in [6, 6.07) is 9.39. The van der Waals surface area contributed by atoms with E-state index >= 15 is 0 Å². The van der Waals surface area contributed by atoms with E-state index < -0.39 is 0 Å². The second-order valence-electron chi connectivity index (χ2n) is 5.93. The molecule has 0 bridgehead atoms. The number of halogens is 1. The standard InChI is InChI=1S/C17H22BrN3/c1-3-17-14(11-21(2)20-17)10-19-16-8-13(9-16)12-4-6-15(18)7-5-12/h4-7,11,13,16,19H,3,8-10H2,1-2H3. The van der Waals surface area contributed by atoms with Gasteiger partial charge in [-0.05, 0) is 42.9 Å². The molecule has 0 spiro atoms. The lowest BCUT2D eigenvalue weighted by Gasteiger charge is -2.36. The van der Waals surface area contributed by atoms with Crippen molar-refractivity contribution < 1.29 is 0 Å². The van der Waals surface area contributed by atoms with Crippen LogP contribution < -0.4 is 5.32 Å². The van der Waals surface area contributed by atoms with Crippen molar-refractivity contribution in [3.8, 4) is 0 Å². The molecule has 4 heteroatoms. The first-order valence-electron chi connectivity index (χ1n) is 7.66. The molecular formula is C17H22BrN3. The maximum Gasteiger partial charge on any atom is 0.0666 e. The van der Waals surface area contributed by atoms with E-state index in [0.29, 0.717) is 6.04 Å². The van der Waals surface area contributed by atoms with E-state index in [9.17, 15) is 0 Å². The minimum Gasteiger partial charge on any atom is -0.310 e. The van der Waals surface area contributed by atoms with E-state index in [1.807, 2.05) is 11.7 Å². The molecule has 3 nitrogen and oxygen atoms in total. The van der Waals surface area contributed by atoms with Crippen molar-refractivity contribution >= 4 is 15.9 Å². The summed E-state index contributed by atoms with van der Waals surface area (Å²) in [5, 5.41) is 8.17. The molecule has 0 aliphatic heterocycles. The second-order valence-corrected chi connectivity index (χ2v) is 6.84. The zero-order chi connectivity index (χ0) is 14.8. The van der Waals surface area contributed by atoms with Crippen LogP contribution in [0.3, 0.4) is 0 Å². The van der Waals surface area contributed by atoms with Gasteiger partial charge in [0.05, 0.1) is 5.69 Å². The van der Waals surface area contributed by atoms with E-state index in [0.717, 1.165) is 23.4 Å². The molecule has 112 valence electrons. The third-order valence-electron chi connectivity index (χ3n) is 4.39. The van der Waals surface area contributed by atoms with Crippen molar-refractivity contribution in [2.75, 3.05) is 0 Å². The molecule has 1 aromatic heterocycles. The molecule has 3 rings (SSSR count). The fraction of sp³-hybridized carbons (Fsp3) is 0.471. The minimum atomic E-state index is 0.642. The van der Waals surface area contributed by atoms with Gasteiger partial charge in [-0.2, -0.15) is 5.10 Å². The summed E-state index contributed by atoms with van der Waals surface area (Å²) in [5.74, 6) is 0.718. The highest BCUT2D eigenvalue weighted by Gasteiger charge is 2.29. The average molecular weight is 348 g/mol. The number of benzene rings is 1. The van der Waals surface area contributed by atoms with Gasteiger partial charge in [-0.25, -0.2) is 0 Å². The summed E-state index contributed by atoms with van der Waals surface area (Å²) in [5.41, 5.74) is 4.02. The van der Waals surface area contributed by atoms with Gasteiger partial charge in [-0.1, -0.05) is 35.0 Å². The molecule has 1 heterocycles. The Morgan fingerprint density at radius 2 is 2.00 bits per heavy atom. The van der Waals surface area contributed by atoms with Crippen LogP contribution in [0.5, 0.6) is 0 Å². The Bertz CT molecular complexity index is 597. The Kier molecular flexibility index (Phi) is 4.45. The van der Waals surface area contributed by atoms with E-state index in [-0.39, 0.29) is 0 Å². The number of nitrogens with one attached hydrogen (secondary N) is 1. The van der Waals surface area contributed by atoms with Crippen molar-refractivity contribution in [2.24, 2.45) is 7.05 Å². The highest BCUT2D eigenvalue weighted by Crippen LogP contribution is 2.37. The lowest BCUT2D eigenvalue weighted by atomic mass is 9.76. The average Bonchev–Trinajstić information content (AvgIpc) is 2.79. The number of aryl methyl sites for hydroxylation is 2. The molecule has 0 radical (unpaired) electrons. The van der Waals surface area contributed by atoms with Crippen molar-refractivity contribution in [1.82, 2.24) is 15.1 Å². The van der Waals surface area contributed by atoms with Gasteiger partial charge in [-0.3, -0.25) is 4.68 Å². The van der Waals surface area contributed by atoms with Crippen LogP contribution in [0.2, 0.25) is 0 Å². The zero-order valence-electron chi connectivity index (χ0n) is 12.6. The molecule has 1 fully saturated rings. The monoisotopic (exact) mass is 347 g/mol. The van der Waals surface area contributed by atoms with Gasteiger partial charge in [0.1, 0.15) is 0 Å². The molecule has 1 aliphatic rings. The Hall–Kier alpha value is -1.13. The number of nitrogens with zero attached hydrogens (tertiary/aromatic N) is 2. The van der Waals surface area contributed by atoms with Gasteiger partial charge in [0.2, 0.25) is 0 Å². The number of hydrogen-bond donors (Lipinski definition) is 1. The summed E-state index contributed by atoms with van der Waals surface area (Å²) in [6.07, 6.45) is 5.62. The smallest absolute Gasteiger partial charge is 0.0666 e. The summed E-state index contributed by atoms with van der Waals surface area (Å²) < 4.78 is 3.07. The summed E-state index contributed by atoms with van der Waals surface area (Å²) >= 11 is 3.49. The van der Waals surface area contributed by atoms with Gasteiger partial charge in [0.25, 0.3) is 0 Å². The molecule has 0 amide bonds. The van der Waals surface area contributed by atoms with E-state index in [2.05, 4.69) is 63.7 Å². The summed E-state index contributed by atoms with van der Waals surface area (Å²) in [6.45, 7) is 3.10.